The van der Waals surface area contributed by atoms with Crippen LogP contribution in [-0.4, -0.2) is 29.3 Å². The van der Waals surface area contributed by atoms with Gasteiger partial charge in [-0.3, -0.25) is 19.8 Å². The van der Waals surface area contributed by atoms with Crippen LogP contribution in [0.25, 0.3) is 0 Å². The van der Waals surface area contributed by atoms with Crippen LogP contribution in [0, 0.1) is 23.7 Å². The van der Waals surface area contributed by atoms with Gasteiger partial charge in [-0.1, -0.05) is 24.3 Å². The zero-order chi connectivity index (χ0) is 16.8. The Morgan fingerprint density at radius 1 is 1.17 bits per heavy atom. The molecule has 2 bridgehead atoms. The third-order valence-electron chi connectivity index (χ3n) is 5.12. The number of hydrogen-bond acceptors (Lipinski definition) is 4. The molecule has 1 aromatic carbocycles. The van der Waals surface area contributed by atoms with E-state index in [0.29, 0.717) is 17.9 Å². The van der Waals surface area contributed by atoms with Gasteiger partial charge in [-0.25, -0.2) is 0 Å². The highest BCUT2D eigenvalue weighted by atomic mass is 16.5. The van der Waals surface area contributed by atoms with Gasteiger partial charge in [-0.05, 0) is 37.3 Å². The van der Waals surface area contributed by atoms with Crippen LogP contribution in [-0.2, 0) is 9.59 Å². The Bertz CT molecular complexity index is 727. The minimum atomic E-state index is -0.513. The van der Waals surface area contributed by atoms with Crippen LogP contribution in [0.5, 0.6) is 5.75 Å². The number of amides is 3. The lowest BCUT2D eigenvalue weighted by Gasteiger charge is -2.19. The van der Waals surface area contributed by atoms with E-state index in [1.165, 1.54) is 0 Å². The Morgan fingerprint density at radius 2 is 1.79 bits per heavy atom. The lowest BCUT2D eigenvalue weighted by molar-refractivity contribution is -0.143. The fraction of sp³-hybridized carbons (Fsp3) is 0.389. The molecule has 24 heavy (non-hydrogen) atoms. The van der Waals surface area contributed by atoms with E-state index in [9.17, 15) is 14.4 Å². The minimum Gasteiger partial charge on any atom is -0.493 e. The zero-order valence-electron chi connectivity index (χ0n) is 13.3. The van der Waals surface area contributed by atoms with Gasteiger partial charge in [0.15, 0.2) is 0 Å². The number of imide groups is 1. The number of allylic oxidation sites excluding steroid dienone is 2. The Labute approximate surface area is 139 Å². The fourth-order valence-electron chi connectivity index (χ4n) is 4.11. The first-order valence-corrected chi connectivity index (χ1v) is 8.20. The van der Waals surface area contributed by atoms with Crippen molar-refractivity contribution in [3.63, 3.8) is 0 Å². The number of para-hydroxylation sites is 1. The Balaban J connectivity index is 1.55. The van der Waals surface area contributed by atoms with E-state index >= 15 is 0 Å². The van der Waals surface area contributed by atoms with Gasteiger partial charge < -0.3 is 4.74 Å². The summed E-state index contributed by atoms with van der Waals surface area (Å²) in [5.74, 6) is -1.10. The molecule has 1 N–H and O–H groups in total. The largest absolute Gasteiger partial charge is 0.493 e. The van der Waals surface area contributed by atoms with Crippen LogP contribution >= 0.6 is 0 Å². The van der Waals surface area contributed by atoms with E-state index in [2.05, 4.69) is 5.43 Å². The molecule has 6 heteroatoms. The molecule has 4 rings (SSSR count). The molecule has 3 aliphatic rings. The average Bonchev–Trinajstić information content (AvgIpc) is 3.25. The second-order valence-electron chi connectivity index (χ2n) is 6.38. The number of carbonyl (C=O) groups excluding carboxylic acids is 3. The molecular formula is C18H18N2O4. The van der Waals surface area contributed by atoms with E-state index in [-0.39, 0.29) is 35.5 Å². The lowest BCUT2D eigenvalue weighted by atomic mass is 9.85. The normalized spacial score (nSPS) is 30.0. The number of nitrogens with one attached hydrogen (secondary N) is 1. The Hall–Kier alpha value is -2.63. The quantitative estimate of drug-likeness (QED) is 0.673. The molecule has 1 heterocycles. The van der Waals surface area contributed by atoms with Gasteiger partial charge in [0.05, 0.1) is 24.0 Å². The van der Waals surface area contributed by atoms with Crippen molar-refractivity contribution in [2.24, 2.45) is 23.7 Å². The monoisotopic (exact) mass is 326 g/mol. The summed E-state index contributed by atoms with van der Waals surface area (Å²) in [5, 5.41) is 0.909. The van der Waals surface area contributed by atoms with Crippen LogP contribution in [0.15, 0.2) is 36.4 Å². The van der Waals surface area contributed by atoms with Gasteiger partial charge in [0, 0.05) is 0 Å². The van der Waals surface area contributed by atoms with E-state index in [1.807, 2.05) is 19.1 Å². The third-order valence-corrected chi connectivity index (χ3v) is 5.12. The van der Waals surface area contributed by atoms with Crippen LogP contribution in [0.3, 0.4) is 0 Å². The lowest BCUT2D eigenvalue weighted by Crippen LogP contribution is -2.47. The van der Waals surface area contributed by atoms with Crippen molar-refractivity contribution in [1.29, 1.82) is 0 Å². The molecule has 0 unspecified atom stereocenters. The van der Waals surface area contributed by atoms with Gasteiger partial charge in [-0.2, -0.15) is 5.01 Å². The van der Waals surface area contributed by atoms with Gasteiger partial charge in [-0.15, -0.1) is 0 Å². The van der Waals surface area contributed by atoms with Gasteiger partial charge in [0.25, 0.3) is 17.7 Å². The third kappa shape index (κ3) is 2.06. The van der Waals surface area contributed by atoms with Crippen molar-refractivity contribution in [1.82, 2.24) is 10.4 Å². The van der Waals surface area contributed by atoms with E-state index in [1.54, 1.807) is 24.3 Å². The fourth-order valence-corrected chi connectivity index (χ4v) is 4.11. The zero-order valence-corrected chi connectivity index (χ0v) is 13.3. The highest BCUT2D eigenvalue weighted by Crippen LogP contribution is 2.52. The Morgan fingerprint density at radius 3 is 2.42 bits per heavy atom. The molecule has 0 aromatic heterocycles. The summed E-state index contributed by atoms with van der Waals surface area (Å²) in [5.41, 5.74) is 2.78. The number of benzene rings is 1. The van der Waals surface area contributed by atoms with Crippen LogP contribution < -0.4 is 10.2 Å². The van der Waals surface area contributed by atoms with Crippen molar-refractivity contribution >= 4 is 17.7 Å². The van der Waals surface area contributed by atoms with E-state index in [0.717, 1.165) is 11.4 Å². The van der Waals surface area contributed by atoms with Crippen LogP contribution in [0.2, 0.25) is 0 Å². The predicted octanol–water partition coefficient (Wildman–Crippen LogP) is 1.54. The molecule has 0 radical (unpaired) electrons. The summed E-state index contributed by atoms with van der Waals surface area (Å²) in [6.45, 7) is 2.25. The number of hydrazine groups is 1. The highest BCUT2D eigenvalue weighted by Gasteiger charge is 2.59. The molecule has 1 aliphatic heterocycles. The molecular weight excluding hydrogens is 308 g/mol. The number of fused-ring (bicyclic) bond motifs is 5. The van der Waals surface area contributed by atoms with Crippen molar-refractivity contribution in [2.75, 3.05) is 6.61 Å². The smallest absolute Gasteiger partial charge is 0.274 e. The summed E-state index contributed by atoms with van der Waals surface area (Å²) in [6.07, 6.45) is 4.90. The molecule has 1 aromatic rings. The van der Waals surface area contributed by atoms with Crippen molar-refractivity contribution in [3.8, 4) is 5.75 Å². The topological polar surface area (TPSA) is 75.7 Å². The summed E-state index contributed by atoms with van der Waals surface area (Å²) < 4.78 is 5.44. The summed E-state index contributed by atoms with van der Waals surface area (Å²) in [4.78, 5) is 37.7. The number of carbonyl (C=O) groups is 3. The van der Waals surface area contributed by atoms with Crippen molar-refractivity contribution in [2.45, 2.75) is 13.3 Å². The highest BCUT2D eigenvalue weighted by molar-refractivity contribution is 6.09. The minimum absolute atomic E-state index is 0.120. The molecule has 1 saturated carbocycles. The van der Waals surface area contributed by atoms with Crippen molar-refractivity contribution in [3.05, 3.63) is 42.0 Å². The van der Waals surface area contributed by atoms with Crippen LogP contribution in [0.4, 0.5) is 0 Å². The molecule has 124 valence electrons. The molecule has 6 nitrogen and oxygen atoms in total. The van der Waals surface area contributed by atoms with Crippen LogP contribution in [0.1, 0.15) is 23.7 Å². The molecule has 4 atom stereocenters. The maximum Gasteiger partial charge on any atom is 0.274 e. The molecule has 2 aliphatic carbocycles. The summed E-state index contributed by atoms with van der Waals surface area (Å²) in [7, 11) is 0. The van der Waals surface area contributed by atoms with E-state index in [4.69, 9.17) is 4.74 Å². The SMILES string of the molecule is CCOc1ccccc1C(=O)NN1C(=O)[C@@H]2[C@H](C1=O)[C@@H]1C=C[C@H]2C1. The maximum absolute atomic E-state index is 12.6. The first kappa shape index (κ1) is 14.9. The number of nitrogens with zero attached hydrogens (tertiary/aromatic N) is 1. The first-order chi connectivity index (χ1) is 11.6. The first-order valence-electron chi connectivity index (χ1n) is 8.20. The molecule has 2 fully saturated rings. The molecule has 1 saturated heterocycles. The number of hydrogen-bond donors (Lipinski definition) is 1. The van der Waals surface area contributed by atoms with Gasteiger partial charge in [0.2, 0.25) is 0 Å². The second kappa shape index (κ2) is 5.47. The average molecular weight is 326 g/mol. The number of ether oxygens (including phenoxy) is 1. The predicted molar refractivity (Wildman–Crippen MR) is 84.6 cm³/mol. The summed E-state index contributed by atoms with van der Waals surface area (Å²) in [6, 6.07) is 6.77. The Kier molecular flexibility index (Phi) is 3.40. The second-order valence-corrected chi connectivity index (χ2v) is 6.38. The van der Waals surface area contributed by atoms with Gasteiger partial charge in [0.1, 0.15) is 5.75 Å². The summed E-state index contributed by atoms with van der Waals surface area (Å²) >= 11 is 0. The van der Waals surface area contributed by atoms with Gasteiger partial charge >= 0.3 is 0 Å². The molecule has 0 spiro atoms. The van der Waals surface area contributed by atoms with E-state index < -0.39 is 5.91 Å². The number of rotatable bonds is 4. The van der Waals surface area contributed by atoms with Crippen molar-refractivity contribution < 1.29 is 19.1 Å². The maximum atomic E-state index is 12.6. The molecule has 3 amide bonds. The standard InChI is InChI=1S/C18H18N2O4/c1-2-24-13-6-4-3-5-12(13)16(21)19-20-17(22)14-10-7-8-11(9-10)15(14)18(20)23/h3-8,10-11,14-15H,2,9H2,1H3,(H,19,21)/t10-,11+,14-,15+.